The first kappa shape index (κ1) is 21.7. The van der Waals surface area contributed by atoms with E-state index in [1.54, 1.807) is 0 Å². The van der Waals surface area contributed by atoms with Gasteiger partial charge in [-0.2, -0.15) is 5.21 Å². The van der Waals surface area contributed by atoms with Crippen LogP contribution in [-0.4, -0.2) is 35.2 Å². The lowest BCUT2D eigenvalue weighted by atomic mass is 10.0. The first-order chi connectivity index (χ1) is 15.6. The van der Waals surface area contributed by atoms with Crippen molar-refractivity contribution in [2.24, 2.45) is 5.92 Å². The molecule has 0 amide bonds. The summed E-state index contributed by atoms with van der Waals surface area (Å²) < 4.78 is 1.87. The molecule has 166 valence electrons. The number of aryl methyl sites for hydroxylation is 1. The molecule has 8 heteroatoms. The zero-order valence-corrected chi connectivity index (χ0v) is 18.8. The smallest absolute Gasteiger partial charge is 0.310 e. The third kappa shape index (κ3) is 4.69. The summed E-state index contributed by atoms with van der Waals surface area (Å²) in [5.74, 6) is 1.00. The van der Waals surface area contributed by atoms with Gasteiger partial charge in [-0.15, -0.1) is 10.2 Å². The molecule has 3 heterocycles. The number of tetrazole rings is 1. The lowest BCUT2D eigenvalue weighted by Crippen LogP contribution is -2.20. The zero-order valence-electron chi connectivity index (χ0n) is 18.8. The zero-order chi connectivity index (χ0) is 22.5. The highest BCUT2D eigenvalue weighted by atomic mass is 16.1. The predicted octanol–water partition coefficient (Wildman–Crippen LogP) is 4.01. The Morgan fingerprint density at radius 2 is 1.91 bits per heavy atom. The van der Waals surface area contributed by atoms with Gasteiger partial charge in [-0.05, 0) is 42.0 Å². The fourth-order valence-electron chi connectivity index (χ4n) is 3.94. The van der Waals surface area contributed by atoms with Gasteiger partial charge in [-0.1, -0.05) is 57.5 Å². The van der Waals surface area contributed by atoms with Gasteiger partial charge in [0.1, 0.15) is 0 Å². The van der Waals surface area contributed by atoms with Crippen LogP contribution >= 0.6 is 0 Å². The maximum absolute atomic E-state index is 12.7. The molecule has 0 bridgehead atoms. The molecular formula is C24H29N7O. The number of nitrogens with zero attached hydrogens (tertiary/aromatic N) is 5. The molecule has 0 saturated heterocycles. The van der Waals surface area contributed by atoms with Gasteiger partial charge >= 0.3 is 5.69 Å². The van der Waals surface area contributed by atoms with Gasteiger partial charge in [0.2, 0.25) is 5.82 Å². The average Bonchev–Trinajstić information content (AvgIpc) is 3.42. The van der Waals surface area contributed by atoms with E-state index in [0.29, 0.717) is 18.3 Å². The van der Waals surface area contributed by atoms with Gasteiger partial charge in [-0.25, -0.2) is 4.79 Å². The fourth-order valence-corrected chi connectivity index (χ4v) is 3.94. The molecule has 1 aromatic carbocycles. The van der Waals surface area contributed by atoms with Crippen molar-refractivity contribution in [1.29, 1.82) is 0 Å². The number of unbranched alkanes of at least 4 members (excludes halogenated alkanes) is 1. The molecule has 3 aromatic heterocycles. The maximum atomic E-state index is 12.7. The Balaban J connectivity index is 1.62. The third-order valence-corrected chi connectivity index (χ3v) is 5.51. The standard InChI is InChI=1S/C24H29N7O/c1-4-5-10-21-22(13-16(2)3)31(24(32)26-21)15-17-11-12-20(25-14-17)18-8-6-7-9-19(18)23-27-29-30-28-23/h6-9,11-12,14,16H,4-5,10,13,15H2,1-3H3,(H,26,32)(H,27,28,29,30). The number of H-pyrrole nitrogens is 2. The van der Waals surface area contributed by atoms with E-state index in [1.807, 2.05) is 47.2 Å². The van der Waals surface area contributed by atoms with Crippen LogP contribution in [0.25, 0.3) is 22.6 Å². The van der Waals surface area contributed by atoms with Crippen LogP contribution in [0.4, 0.5) is 0 Å². The van der Waals surface area contributed by atoms with Crippen molar-refractivity contribution in [3.8, 4) is 22.6 Å². The summed E-state index contributed by atoms with van der Waals surface area (Å²) in [5, 5.41) is 14.3. The number of hydrogen-bond donors (Lipinski definition) is 2. The minimum atomic E-state index is -0.0433. The SMILES string of the molecule is CCCCc1[nH]c(=O)n(Cc2ccc(-c3ccccc3-c3nn[nH]n3)nc2)c1CC(C)C. The Morgan fingerprint density at radius 1 is 1.09 bits per heavy atom. The molecule has 0 radical (unpaired) electrons. The number of pyridine rings is 1. The highest BCUT2D eigenvalue weighted by Crippen LogP contribution is 2.28. The number of nitrogens with one attached hydrogen (secondary N) is 2. The molecule has 0 spiro atoms. The van der Waals surface area contributed by atoms with Crippen molar-refractivity contribution in [2.75, 3.05) is 0 Å². The van der Waals surface area contributed by atoms with Crippen LogP contribution in [0.1, 0.15) is 50.6 Å². The Hall–Kier alpha value is -3.55. The van der Waals surface area contributed by atoms with E-state index < -0.39 is 0 Å². The molecule has 0 atom stereocenters. The Bertz CT molecular complexity index is 1200. The predicted molar refractivity (Wildman–Crippen MR) is 124 cm³/mol. The molecular weight excluding hydrogens is 402 g/mol. The fraction of sp³-hybridized carbons (Fsp3) is 0.375. The van der Waals surface area contributed by atoms with Gasteiger partial charge < -0.3 is 4.98 Å². The number of rotatable bonds is 9. The summed E-state index contributed by atoms with van der Waals surface area (Å²) in [4.78, 5) is 20.5. The topological polar surface area (TPSA) is 105 Å². The van der Waals surface area contributed by atoms with Crippen molar-refractivity contribution in [1.82, 2.24) is 35.2 Å². The summed E-state index contributed by atoms with van der Waals surface area (Å²) in [7, 11) is 0. The summed E-state index contributed by atoms with van der Waals surface area (Å²) in [5.41, 5.74) is 5.75. The Morgan fingerprint density at radius 3 is 2.56 bits per heavy atom. The Kier molecular flexibility index (Phi) is 6.58. The van der Waals surface area contributed by atoms with E-state index in [4.69, 9.17) is 0 Å². The number of benzene rings is 1. The van der Waals surface area contributed by atoms with Crippen LogP contribution < -0.4 is 5.69 Å². The molecule has 4 rings (SSSR count). The van der Waals surface area contributed by atoms with Crippen LogP contribution in [0.3, 0.4) is 0 Å². The van der Waals surface area contributed by atoms with Crippen molar-refractivity contribution < 1.29 is 0 Å². The Labute approximate surface area is 187 Å². The second kappa shape index (κ2) is 9.72. The van der Waals surface area contributed by atoms with Gasteiger partial charge in [0, 0.05) is 28.7 Å². The average molecular weight is 432 g/mol. The van der Waals surface area contributed by atoms with Gasteiger partial charge in [-0.3, -0.25) is 9.55 Å². The lowest BCUT2D eigenvalue weighted by Gasteiger charge is -2.12. The molecule has 8 nitrogen and oxygen atoms in total. The number of aromatic nitrogens is 7. The molecule has 2 N–H and O–H groups in total. The summed E-state index contributed by atoms with van der Waals surface area (Å²) in [6, 6.07) is 11.8. The number of hydrogen-bond acceptors (Lipinski definition) is 5. The molecule has 32 heavy (non-hydrogen) atoms. The highest BCUT2D eigenvalue weighted by Gasteiger charge is 2.16. The molecule has 0 fully saturated rings. The maximum Gasteiger partial charge on any atom is 0.326 e. The quantitative estimate of drug-likeness (QED) is 0.417. The molecule has 0 aliphatic carbocycles. The molecule has 0 saturated carbocycles. The van der Waals surface area contributed by atoms with Crippen molar-refractivity contribution in [3.63, 3.8) is 0 Å². The number of aromatic amines is 2. The second-order valence-corrected chi connectivity index (χ2v) is 8.48. The summed E-state index contributed by atoms with van der Waals surface area (Å²) in [6.45, 7) is 7.04. The van der Waals surface area contributed by atoms with Gasteiger partial charge in [0.15, 0.2) is 0 Å². The molecule has 0 unspecified atom stereocenters. The minimum Gasteiger partial charge on any atom is -0.310 e. The van der Waals surface area contributed by atoms with E-state index in [0.717, 1.165) is 59.5 Å². The minimum absolute atomic E-state index is 0.0433. The van der Waals surface area contributed by atoms with E-state index in [-0.39, 0.29) is 5.69 Å². The van der Waals surface area contributed by atoms with Gasteiger partial charge in [0.25, 0.3) is 0 Å². The second-order valence-electron chi connectivity index (χ2n) is 8.48. The molecule has 0 aliphatic rings. The first-order valence-corrected chi connectivity index (χ1v) is 11.2. The van der Waals surface area contributed by atoms with Crippen molar-refractivity contribution in [3.05, 3.63) is 70.0 Å². The van der Waals surface area contributed by atoms with Crippen LogP contribution in [0.2, 0.25) is 0 Å². The van der Waals surface area contributed by atoms with E-state index in [1.165, 1.54) is 0 Å². The van der Waals surface area contributed by atoms with E-state index in [9.17, 15) is 4.79 Å². The number of imidazole rings is 1. The summed E-state index contributed by atoms with van der Waals surface area (Å²) >= 11 is 0. The third-order valence-electron chi connectivity index (χ3n) is 5.51. The van der Waals surface area contributed by atoms with Crippen LogP contribution in [-0.2, 0) is 19.4 Å². The van der Waals surface area contributed by atoms with Crippen molar-refractivity contribution in [2.45, 2.75) is 53.0 Å². The van der Waals surface area contributed by atoms with Crippen LogP contribution in [0.15, 0.2) is 47.4 Å². The van der Waals surface area contributed by atoms with Crippen LogP contribution in [0, 0.1) is 5.92 Å². The molecule has 4 aromatic rings. The monoisotopic (exact) mass is 431 g/mol. The molecule has 0 aliphatic heterocycles. The van der Waals surface area contributed by atoms with Crippen LogP contribution in [0.5, 0.6) is 0 Å². The largest absolute Gasteiger partial charge is 0.326 e. The highest BCUT2D eigenvalue weighted by molar-refractivity contribution is 5.78. The van der Waals surface area contributed by atoms with E-state index in [2.05, 4.69) is 51.4 Å². The summed E-state index contributed by atoms with van der Waals surface area (Å²) in [6.07, 6.45) is 5.80. The van der Waals surface area contributed by atoms with E-state index >= 15 is 0 Å². The first-order valence-electron chi connectivity index (χ1n) is 11.2. The van der Waals surface area contributed by atoms with Gasteiger partial charge in [0.05, 0.1) is 12.2 Å². The van der Waals surface area contributed by atoms with Crippen molar-refractivity contribution >= 4 is 0 Å². The lowest BCUT2D eigenvalue weighted by molar-refractivity contribution is 0.591. The normalized spacial score (nSPS) is 11.4.